The van der Waals surface area contributed by atoms with E-state index in [2.05, 4.69) is 15.5 Å². The van der Waals surface area contributed by atoms with Gasteiger partial charge in [-0.2, -0.15) is 0 Å². The number of amides is 4. The minimum atomic E-state index is -0.547. The molecule has 0 aliphatic carbocycles. The summed E-state index contributed by atoms with van der Waals surface area (Å²) in [5, 5.41) is 21.3. The highest BCUT2D eigenvalue weighted by molar-refractivity contribution is 6.11. The minimum Gasteiger partial charge on any atom is -0.398 e. The van der Waals surface area contributed by atoms with E-state index >= 15 is 0 Å². The second-order valence-electron chi connectivity index (χ2n) is 7.71. The molecule has 12 nitrogen and oxygen atoms in total. The van der Waals surface area contributed by atoms with E-state index in [4.69, 9.17) is 5.73 Å². The molecule has 0 atom stereocenters. The van der Waals surface area contributed by atoms with Crippen LogP contribution in [0.3, 0.4) is 0 Å². The number of benzene rings is 2. The first kappa shape index (κ1) is 23.3. The second-order valence-corrected chi connectivity index (χ2v) is 7.71. The Bertz CT molecular complexity index is 1280. The summed E-state index contributed by atoms with van der Waals surface area (Å²) in [7, 11) is 0. The van der Waals surface area contributed by atoms with Gasteiger partial charge in [0.15, 0.2) is 11.5 Å². The third-order valence-electron chi connectivity index (χ3n) is 5.42. The Balaban J connectivity index is 1.40. The number of carbonyl (C=O) groups is 3. The number of nitrogens with zero attached hydrogens (tertiary/aromatic N) is 5. The molecule has 0 saturated carbocycles. The van der Waals surface area contributed by atoms with E-state index < -0.39 is 22.8 Å². The number of nitro groups is 1. The van der Waals surface area contributed by atoms with Crippen LogP contribution < -0.4 is 16.0 Å². The molecule has 35 heavy (non-hydrogen) atoms. The van der Waals surface area contributed by atoms with Gasteiger partial charge in [-0.15, -0.1) is 10.2 Å². The predicted octanol–water partition coefficient (Wildman–Crippen LogP) is 2.37. The molecule has 2 heterocycles. The Kier molecular flexibility index (Phi) is 6.62. The van der Waals surface area contributed by atoms with Gasteiger partial charge in [0.2, 0.25) is 0 Å². The van der Waals surface area contributed by atoms with Crippen molar-refractivity contribution in [2.45, 2.75) is 13.0 Å². The number of non-ortho nitro benzene ring substituents is 1. The summed E-state index contributed by atoms with van der Waals surface area (Å²) in [6.07, 6.45) is 0.531. The highest BCUT2D eigenvalue weighted by Gasteiger charge is 2.33. The van der Waals surface area contributed by atoms with Gasteiger partial charge in [0.25, 0.3) is 17.5 Å². The van der Waals surface area contributed by atoms with Crippen LogP contribution in [0.5, 0.6) is 0 Å². The maximum absolute atomic E-state index is 13.0. The summed E-state index contributed by atoms with van der Waals surface area (Å²) >= 11 is 0. The number of hydrogen-bond donors (Lipinski definition) is 2. The monoisotopic (exact) mass is 475 g/mol. The van der Waals surface area contributed by atoms with Crippen molar-refractivity contribution in [1.82, 2.24) is 20.4 Å². The number of hydrogen-bond acceptors (Lipinski definition) is 8. The maximum atomic E-state index is 13.0. The first-order valence-electron chi connectivity index (χ1n) is 10.7. The highest BCUT2D eigenvalue weighted by atomic mass is 16.6. The van der Waals surface area contributed by atoms with Gasteiger partial charge in [0, 0.05) is 37.5 Å². The van der Waals surface area contributed by atoms with Crippen LogP contribution in [0.4, 0.5) is 22.0 Å². The molecule has 0 radical (unpaired) electrons. The van der Waals surface area contributed by atoms with E-state index in [1.807, 2.05) is 0 Å². The van der Waals surface area contributed by atoms with Gasteiger partial charge >= 0.3 is 6.03 Å². The molecule has 1 aromatic heterocycles. The number of rotatable bonds is 6. The molecule has 1 aliphatic heterocycles. The minimum absolute atomic E-state index is 0.0325. The summed E-state index contributed by atoms with van der Waals surface area (Å²) in [5.41, 5.74) is 7.08. The molecule has 3 N–H and O–H groups in total. The third-order valence-corrected chi connectivity index (χ3v) is 5.42. The number of imide groups is 1. The summed E-state index contributed by atoms with van der Waals surface area (Å²) in [6, 6.07) is 14.7. The van der Waals surface area contributed by atoms with E-state index in [1.165, 1.54) is 29.2 Å². The molecule has 2 aromatic carbocycles. The van der Waals surface area contributed by atoms with Crippen LogP contribution in [-0.2, 0) is 6.54 Å². The fraction of sp³-hybridized carbons (Fsp3) is 0.174. The fourth-order valence-electron chi connectivity index (χ4n) is 3.56. The van der Waals surface area contributed by atoms with Gasteiger partial charge < -0.3 is 11.1 Å². The van der Waals surface area contributed by atoms with E-state index in [-0.39, 0.29) is 41.5 Å². The first-order valence-corrected chi connectivity index (χ1v) is 10.7. The van der Waals surface area contributed by atoms with Gasteiger partial charge in [-0.25, -0.2) is 4.79 Å². The quantitative estimate of drug-likeness (QED) is 0.311. The Hall–Kier alpha value is -4.87. The Morgan fingerprint density at radius 3 is 2.43 bits per heavy atom. The average molecular weight is 475 g/mol. The summed E-state index contributed by atoms with van der Waals surface area (Å²) in [4.78, 5) is 50.9. The van der Waals surface area contributed by atoms with Crippen molar-refractivity contribution in [1.29, 1.82) is 0 Å². The van der Waals surface area contributed by atoms with Gasteiger partial charge in [-0.1, -0.05) is 24.3 Å². The van der Waals surface area contributed by atoms with Crippen LogP contribution in [0, 0.1) is 10.1 Å². The maximum Gasteiger partial charge on any atom is 0.332 e. The zero-order valence-electron chi connectivity index (χ0n) is 18.5. The molecule has 0 bridgehead atoms. The van der Waals surface area contributed by atoms with Crippen LogP contribution in [0.15, 0.2) is 60.7 Å². The lowest BCUT2D eigenvalue weighted by atomic mass is 10.1. The Labute approximate surface area is 199 Å². The number of nitro benzene ring substituents is 1. The number of carbonyl (C=O) groups excluding carboxylic acids is 3. The molecule has 1 aliphatic rings. The summed E-state index contributed by atoms with van der Waals surface area (Å²) < 4.78 is 0. The molecule has 0 unspecified atom stereocenters. The standard InChI is InChI=1S/C23H21N7O5/c24-18-5-2-1-4-17(18)22(32)29-13-3-12-28(23(29)33)20-11-10-19(26-27-20)21(31)25-14-15-6-8-16(9-7-15)30(34)35/h1-2,4-11H,3,12-14,24H2,(H,25,31). The number of para-hydroxylation sites is 1. The summed E-state index contributed by atoms with van der Waals surface area (Å²) in [6.45, 7) is 0.733. The molecule has 3 aromatic rings. The fourth-order valence-corrected chi connectivity index (χ4v) is 3.56. The number of nitrogens with one attached hydrogen (secondary N) is 1. The highest BCUT2D eigenvalue weighted by Crippen LogP contribution is 2.21. The molecule has 0 spiro atoms. The Morgan fingerprint density at radius 1 is 1.03 bits per heavy atom. The first-order chi connectivity index (χ1) is 16.8. The molecule has 4 rings (SSSR count). The van der Waals surface area contributed by atoms with Crippen LogP contribution >= 0.6 is 0 Å². The number of anilines is 2. The molecule has 178 valence electrons. The smallest absolute Gasteiger partial charge is 0.332 e. The zero-order valence-corrected chi connectivity index (χ0v) is 18.5. The van der Waals surface area contributed by atoms with E-state index in [1.54, 1.807) is 36.4 Å². The van der Waals surface area contributed by atoms with Crippen molar-refractivity contribution in [2.24, 2.45) is 0 Å². The normalized spacial score (nSPS) is 13.4. The molecular weight excluding hydrogens is 454 g/mol. The number of nitrogen functional groups attached to an aromatic ring is 1. The topological polar surface area (TPSA) is 165 Å². The lowest BCUT2D eigenvalue weighted by molar-refractivity contribution is -0.384. The van der Waals surface area contributed by atoms with Gasteiger partial charge in [0.05, 0.1) is 10.5 Å². The number of nitrogens with two attached hydrogens (primary N) is 1. The molecule has 12 heteroatoms. The van der Waals surface area contributed by atoms with Gasteiger partial charge in [-0.05, 0) is 36.2 Å². The van der Waals surface area contributed by atoms with E-state index in [0.29, 0.717) is 18.5 Å². The van der Waals surface area contributed by atoms with Crippen LogP contribution in [0.2, 0.25) is 0 Å². The van der Waals surface area contributed by atoms with E-state index in [0.717, 1.165) is 4.90 Å². The zero-order chi connectivity index (χ0) is 24.9. The van der Waals surface area contributed by atoms with Gasteiger partial charge in [0.1, 0.15) is 0 Å². The SMILES string of the molecule is Nc1ccccc1C(=O)N1CCCN(c2ccc(C(=O)NCc3ccc([N+](=O)[O-])cc3)nn2)C1=O. The third kappa shape index (κ3) is 5.05. The molecule has 1 fully saturated rings. The van der Waals surface area contributed by atoms with Crippen molar-refractivity contribution in [2.75, 3.05) is 23.7 Å². The number of aromatic nitrogens is 2. The van der Waals surface area contributed by atoms with Crippen molar-refractivity contribution in [3.8, 4) is 0 Å². The molecule has 1 saturated heterocycles. The van der Waals surface area contributed by atoms with Crippen molar-refractivity contribution in [3.05, 3.63) is 87.6 Å². The molecule has 4 amide bonds. The summed E-state index contributed by atoms with van der Waals surface area (Å²) in [5.74, 6) is -0.780. The van der Waals surface area contributed by atoms with Crippen LogP contribution in [0.25, 0.3) is 0 Å². The lowest BCUT2D eigenvalue weighted by Gasteiger charge is -2.33. The number of urea groups is 1. The second kappa shape index (κ2) is 9.95. The molecular formula is C23H21N7O5. The largest absolute Gasteiger partial charge is 0.398 e. The van der Waals surface area contributed by atoms with Crippen LogP contribution in [-0.4, -0.2) is 51.0 Å². The lowest BCUT2D eigenvalue weighted by Crippen LogP contribution is -2.52. The van der Waals surface area contributed by atoms with Crippen molar-refractivity contribution in [3.63, 3.8) is 0 Å². The Morgan fingerprint density at radius 2 is 1.77 bits per heavy atom. The van der Waals surface area contributed by atoms with Crippen molar-refractivity contribution < 1.29 is 19.3 Å². The predicted molar refractivity (Wildman–Crippen MR) is 126 cm³/mol. The van der Waals surface area contributed by atoms with Crippen LogP contribution in [0.1, 0.15) is 32.8 Å². The average Bonchev–Trinajstić information content (AvgIpc) is 2.87. The van der Waals surface area contributed by atoms with Gasteiger partial charge in [-0.3, -0.25) is 29.5 Å². The van der Waals surface area contributed by atoms with Crippen molar-refractivity contribution >= 4 is 35.0 Å². The van der Waals surface area contributed by atoms with E-state index in [9.17, 15) is 24.5 Å².